The van der Waals surface area contributed by atoms with Crippen molar-refractivity contribution in [1.29, 1.82) is 0 Å². The van der Waals surface area contributed by atoms with Gasteiger partial charge in [-0.25, -0.2) is 9.37 Å². The Morgan fingerprint density at radius 2 is 2.42 bits per heavy atom. The normalized spacial score (nSPS) is 21.8. The molecule has 3 rings (SSSR count). The van der Waals surface area contributed by atoms with Gasteiger partial charge in [0, 0.05) is 29.5 Å². The number of aromatic nitrogens is 1. The van der Waals surface area contributed by atoms with Gasteiger partial charge in [0.05, 0.1) is 11.2 Å². The van der Waals surface area contributed by atoms with Crippen LogP contribution in [0.4, 0.5) is 4.39 Å². The summed E-state index contributed by atoms with van der Waals surface area (Å²) in [5.41, 5.74) is 3.74. The third-order valence-corrected chi connectivity index (χ3v) is 3.91. The fourth-order valence-electron chi connectivity index (χ4n) is 2.44. The van der Waals surface area contributed by atoms with Crippen LogP contribution >= 0.6 is 11.3 Å². The lowest BCUT2D eigenvalue weighted by Gasteiger charge is -2.32. The molecule has 2 atom stereocenters. The zero-order valence-electron chi connectivity index (χ0n) is 10.6. The van der Waals surface area contributed by atoms with E-state index >= 15 is 0 Å². The Balaban J connectivity index is 1.95. The summed E-state index contributed by atoms with van der Waals surface area (Å²) in [5.74, 6) is 0.350. The van der Waals surface area contributed by atoms with Gasteiger partial charge in [0.2, 0.25) is 0 Å². The van der Waals surface area contributed by atoms with Gasteiger partial charge < -0.3 is 10.1 Å². The van der Waals surface area contributed by atoms with Crippen LogP contribution in [-0.4, -0.2) is 11.5 Å². The highest BCUT2D eigenvalue weighted by Crippen LogP contribution is 2.40. The van der Waals surface area contributed by atoms with E-state index in [4.69, 9.17) is 4.74 Å². The summed E-state index contributed by atoms with van der Waals surface area (Å²) in [7, 11) is 0. The fraction of sp³-hybridized carbons (Fsp3) is 0.357. The lowest BCUT2D eigenvalue weighted by molar-refractivity contribution is 0.148. The second-order valence-corrected chi connectivity index (χ2v) is 5.27. The Labute approximate surface area is 115 Å². The Hall–Kier alpha value is -1.46. The zero-order chi connectivity index (χ0) is 13.2. The molecule has 0 radical (unpaired) electrons. The molecule has 0 saturated carbocycles. The van der Waals surface area contributed by atoms with Crippen LogP contribution in [0.25, 0.3) is 0 Å². The molecule has 0 bridgehead atoms. The van der Waals surface area contributed by atoms with Crippen molar-refractivity contribution in [3.63, 3.8) is 0 Å². The molecule has 3 nitrogen and oxygen atoms in total. The number of benzene rings is 1. The van der Waals surface area contributed by atoms with Gasteiger partial charge in [-0.1, -0.05) is 13.0 Å². The van der Waals surface area contributed by atoms with E-state index in [1.54, 1.807) is 22.9 Å². The number of thiazole rings is 1. The van der Waals surface area contributed by atoms with Crippen molar-refractivity contribution in [3.05, 3.63) is 46.2 Å². The van der Waals surface area contributed by atoms with Crippen LogP contribution in [0.15, 0.2) is 29.1 Å². The van der Waals surface area contributed by atoms with E-state index in [0.717, 1.165) is 24.2 Å². The van der Waals surface area contributed by atoms with Crippen LogP contribution in [0.3, 0.4) is 0 Å². The highest BCUT2D eigenvalue weighted by Gasteiger charge is 2.30. The molecule has 19 heavy (non-hydrogen) atoms. The van der Waals surface area contributed by atoms with Crippen molar-refractivity contribution < 1.29 is 9.13 Å². The maximum atomic E-state index is 13.4. The van der Waals surface area contributed by atoms with E-state index in [0.29, 0.717) is 5.75 Å². The Bertz CT molecular complexity index is 559. The van der Waals surface area contributed by atoms with Crippen LogP contribution in [0.5, 0.6) is 5.75 Å². The van der Waals surface area contributed by atoms with Gasteiger partial charge in [0.15, 0.2) is 0 Å². The average Bonchev–Trinajstić information content (AvgIpc) is 2.92. The maximum Gasteiger partial charge on any atom is 0.143 e. The molecule has 1 aliphatic rings. The number of hydrogen-bond donors (Lipinski definition) is 1. The van der Waals surface area contributed by atoms with Crippen LogP contribution in [0.2, 0.25) is 0 Å². The molecule has 0 fully saturated rings. The summed E-state index contributed by atoms with van der Waals surface area (Å²) in [6, 6.07) is 4.92. The van der Waals surface area contributed by atoms with Gasteiger partial charge in [-0.2, -0.15) is 0 Å². The van der Waals surface area contributed by atoms with E-state index < -0.39 is 0 Å². The fourth-order valence-corrected chi connectivity index (χ4v) is 3.04. The van der Waals surface area contributed by atoms with Gasteiger partial charge in [-0.15, -0.1) is 11.3 Å². The number of halogens is 1. The first-order chi connectivity index (χ1) is 9.28. The number of ether oxygens (including phenoxy) is 1. The molecular formula is C14H15FN2OS. The Morgan fingerprint density at radius 1 is 1.53 bits per heavy atom. The lowest BCUT2D eigenvalue weighted by Crippen LogP contribution is -2.29. The minimum absolute atomic E-state index is 0.107. The molecule has 2 aromatic rings. The summed E-state index contributed by atoms with van der Waals surface area (Å²) in [5, 5.41) is 5.41. The Kier molecular flexibility index (Phi) is 3.48. The minimum Gasteiger partial charge on any atom is -0.484 e. The summed E-state index contributed by atoms with van der Waals surface area (Å²) in [6.45, 7) is 2.93. The first-order valence-electron chi connectivity index (χ1n) is 6.35. The van der Waals surface area contributed by atoms with Crippen LogP contribution < -0.4 is 10.1 Å². The predicted molar refractivity (Wildman–Crippen MR) is 72.9 cm³/mol. The highest BCUT2D eigenvalue weighted by atomic mass is 32.1. The Morgan fingerprint density at radius 3 is 3.16 bits per heavy atom. The molecule has 1 N–H and O–H groups in total. The van der Waals surface area contributed by atoms with Crippen molar-refractivity contribution in [3.8, 4) is 5.75 Å². The summed E-state index contributed by atoms with van der Waals surface area (Å²) in [6.07, 6.45) is 0.709. The summed E-state index contributed by atoms with van der Waals surface area (Å²) in [4.78, 5) is 4.30. The first kappa shape index (κ1) is 12.6. The quantitative estimate of drug-likeness (QED) is 0.933. The number of nitrogens with one attached hydrogen (secondary N) is 1. The molecular weight excluding hydrogens is 263 g/mol. The van der Waals surface area contributed by atoms with Crippen LogP contribution in [0, 0.1) is 5.82 Å². The molecule has 0 saturated heterocycles. The highest BCUT2D eigenvalue weighted by molar-refractivity contribution is 7.07. The standard InChI is InChI=1S/C14H15FN2OS/c1-2-16-11-6-14(12-7-19-8-17-12)18-13-5-9(15)3-4-10(11)13/h3-5,7-8,11,14,16H,2,6H2,1H3. The number of hydrogen-bond acceptors (Lipinski definition) is 4. The zero-order valence-corrected chi connectivity index (χ0v) is 11.4. The molecule has 0 aliphatic carbocycles. The monoisotopic (exact) mass is 278 g/mol. The molecule has 5 heteroatoms. The molecule has 2 heterocycles. The van der Waals surface area contributed by atoms with E-state index in [1.807, 2.05) is 5.38 Å². The summed E-state index contributed by atoms with van der Waals surface area (Å²) < 4.78 is 19.3. The number of nitrogens with zero attached hydrogens (tertiary/aromatic N) is 1. The van der Waals surface area contributed by atoms with Gasteiger partial charge in [-0.05, 0) is 12.6 Å². The third kappa shape index (κ3) is 2.48. The van der Waals surface area contributed by atoms with Gasteiger partial charge in [0.25, 0.3) is 0 Å². The van der Waals surface area contributed by atoms with Crippen LogP contribution in [0.1, 0.15) is 36.7 Å². The largest absolute Gasteiger partial charge is 0.484 e. The predicted octanol–water partition coefficient (Wildman–Crippen LogP) is 3.46. The van der Waals surface area contributed by atoms with E-state index in [1.165, 1.54) is 12.1 Å². The van der Waals surface area contributed by atoms with E-state index in [-0.39, 0.29) is 18.0 Å². The molecule has 1 aromatic carbocycles. The van der Waals surface area contributed by atoms with Crippen molar-refractivity contribution in [2.75, 3.05) is 6.54 Å². The molecule has 1 aliphatic heterocycles. The molecule has 1 aromatic heterocycles. The average molecular weight is 278 g/mol. The molecule has 2 unspecified atom stereocenters. The summed E-state index contributed by atoms with van der Waals surface area (Å²) >= 11 is 1.55. The van der Waals surface area contributed by atoms with Crippen molar-refractivity contribution in [2.45, 2.75) is 25.5 Å². The number of rotatable bonds is 3. The lowest BCUT2D eigenvalue weighted by atomic mass is 9.95. The van der Waals surface area contributed by atoms with E-state index in [2.05, 4.69) is 17.2 Å². The van der Waals surface area contributed by atoms with Gasteiger partial charge in [-0.3, -0.25) is 0 Å². The topological polar surface area (TPSA) is 34.2 Å². The van der Waals surface area contributed by atoms with E-state index in [9.17, 15) is 4.39 Å². The second-order valence-electron chi connectivity index (χ2n) is 4.55. The minimum atomic E-state index is -0.270. The maximum absolute atomic E-state index is 13.4. The second kappa shape index (κ2) is 5.27. The number of fused-ring (bicyclic) bond motifs is 1. The first-order valence-corrected chi connectivity index (χ1v) is 7.29. The van der Waals surface area contributed by atoms with Gasteiger partial charge >= 0.3 is 0 Å². The molecule has 100 valence electrons. The SMILES string of the molecule is CCNC1CC(c2cscn2)Oc2cc(F)ccc21. The van der Waals surface area contributed by atoms with Crippen LogP contribution in [-0.2, 0) is 0 Å². The molecule has 0 amide bonds. The van der Waals surface area contributed by atoms with Crippen molar-refractivity contribution in [2.24, 2.45) is 0 Å². The third-order valence-electron chi connectivity index (χ3n) is 3.30. The van der Waals surface area contributed by atoms with Crippen molar-refractivity contribution in [1.82, 2.24) is 10.3 Å². The smallest absolute Gasteiger partial charge is 0.143 e. The van der Waals surface area contributed by atoms with Crippen molar-refractivity contribution >= 4 is 11.3 Å². The van der Waals surface area contributed by atoms with Gasteiger partial charge in [0.1, 0.15) is 17.7 Å². The molecule has 0 spiro atoms.